The number of rotatable bonds is 2. The van der Waals surface area contributed by atoms with E-state index in [1.54, 1.807) is 0 Å². The third-order valence-corrected chi connectivity index (χ3v) is 3.56. The van der Waals surface area contributed by atoms with Gasteiger partial charge in [0.2, 0.25) is 0 Å². The van der Waals surface area contributed by atoms with Gasteiger partial charge in [-0.25, -0.2) is 0 Å². The normalized spacial score (nSPS) is 9.88. The zero-order chi connectivity index (χ0) is 11.8. The topological polar surface area (TPSA) is 0 Å². The second kappa shape index (κ2) is 6.97. The summed E-state index contributed by atoms with van der Waals surface area (Å²) in [6, 6.07) is 20.5. The molecule has 0 atom stereocenters. The van der Waals surface area contributed by atoms with E-state index < -0.39 is 0 Å². The summed E-state index contributed by atoms with van der Waals surface area (Å²) in [4.78, 5) is 0. The van der Waals surface area contributed by atoms with Gasteiger partial charge in [0.15, 0.2) is 0 Å². The predicted molar refractivity (Wildman–Crippen MR) is 74.6 cm³/mol. The van der Waals surface area contributed by atoms with Crippen molar-refractivity contribution in [1.82, 2.24) is 0 Å². The molecule has 0 spiro atoms. The van der Waals surface area contributed by atoms with Crippen LogP contribution in [0.5, 0.6) is 0 Å². The van der Waals surface area contributed by atoms with E-state index in [-0.39, 0.29) is 20.9 Å². The van der Waals surface area contributed by atoms with Crippen LogP contribution in [-0.2, 0) is 0 Å². The van der Waals surface area contributed by atoms with Gasteiger partial charge in [-0.2, -0.15) is 0 Å². The van der Waals surface area contributed by atoms with Crippen LogP contribution in [0.15, 0.2) is 64.8 Å². The maximum atomic E-state index is 3.27. The number of benzene rings is 2. The number of hydrogen-bond donors (Lipinski definition) is 0. The Hall–Kier alpha value is -1.47. The van der Waals surface area contributed by atoms with Crippen LogP contribution in [0.2, 0.25) is 0 Å². The van der Waals surface area contributed by atoms with E-state index in [2.05, 4.69) is 44.4 Å². The molecule has 0 fully saturated rings. The molecule has 0 saturated carbocycles. The molecule has 82 valence electrons. The van der Waals surface area contributed by atoms with E-state index in [1.165, 1.54) is 5.56 Å². The van der Waals surface area contributed by atoms with Gasteiger partial charge in [-0.3, -0.25) is 0 Å². The van der Waals surface area contributed by atoms with Gasteiger partial charge in [0.1, 0.15) is 0 Å². The van der Waals surface area contributed by atoms with Gasteiger partial charge < -0.3 is 0 Å². The third kappa shape index (κ3) is 4.49. The first kappa shape index (κ1) is 12.0. The fourth-order valence-electron chi connectivity index (χ4n) is 1.32. The standard InChI is InChI=1S/C16H12Te/c1-3-7-15(8-4-1)11-13-17-14-12-16-9-5-2-6-10-16/h1-11,13H/b13-11+. The quantitative estimate of drug-likeness (QED) is 0.584. The molecule has 0 bridgehead atoms. The third-order valence-electron chi connectivity index (χ3n) is 2.16. The van der Waals surface area contributed by atoms with Crippen molar-refractivity contribution < 1.29 is 0 Å². The minimum atomic E-state index is -0.341. The van der Waals surface area contributed by atoms with Gasteiger partial charge in [-0.1, -0.05) is 0 Å². The van der Waals surface area contributed by atoms with Gasteiger partial charge in [-0.15, -0.1) is 0 Å². The molecule has 2 aromatic carbocycles. The van der Waals surface area contributed by atoms with Crippen LogP contribution < -0.4 is 0 Å². The average molecular weight is 332 g/mol. The van der Waals surface area contributed by atoms with Crippen molar-refractivity contribution in [2.75, 3.05) is 0 Å². The molecule has 17 heavy (non-hydrogen) atoms. The van der Waals surface area contributed by atoms with Crippen molar-refractivity contribution in [3.05, 3.63) is 75.9 Å². The Labute approximate surface area is 112 Å². The fraction of sp³-hybridized carbons (Fsp3) is 0. The summed E-state index contributed by atoms with van der Waals surface area (Å²) >= 11 is -0.341. The second-order valence-electron chi connectivity index (χ2n) is 3.42. The first-order chi connectivity index (χ1) is 8.45. The first-order valence-corrected chi connectivity index (χ1v) is 7.89. The molecule has 0 nitrogen and oxygen atoms in total. The molecular formula is C16H12Te. The molecule has 2 rings (SSSR count). The van der Waals surface area contributed by atoms with Gasteiger partial charge in [-0.05, 0) is 0 Å². The molecule has 0 unspecified atom stereocenters. The van der Waals surface area contributed by atoms with Crippen molar-refractivity contribution in [1.29, 1.82) is 0 Å². The van der Waals surface area contributed by atoms with Crippen LogP contribution in [0.4, 0.5) is 0 Å². The molecule has 0 N–H and O–H groups in total. The minimum absolute atomic E-state index is 0.341. The van der Waals surface area contributed by atoms with Crippen molar-refractivity contribution in [2.45, 2.75) is 0 Å². The molecule has 0 saturated heterocycles. The average Bonchev–Trinajstić information content (AvgIpc) is 2.41. The van der Waals surface area contributed by atoms with E-state index in [1.807, 2.05) is 36.4 Å². The van der Waals surface area contributed by atoms with E-state index >= 15 is 0 Å². The molecule has 0 aliphatic heterocycles. The van der Waals surface area contributed by atoms with Crippen LogP contribution in [-0.4, -0.2) is 20.9 Å². The summed E-state index contributed by atoms with van der Waals surface area (Å²) in [6.07, 6.45) is 2.15. The zero-order valence-corrected chi connectivity index (χ0v) is 11.7. The van der Waals surface area contributed by atoms with E-state index in [4.69, 9.17) is 0 Å². The Kier molecular flexibility index (Phi) is 4.92. The Morgan fingerprint density at radius 1 is 0.824 bits per heavy atom. The molecule has 0 aliphatic rings. The molecule has 2 aromatic rings. The molecule has 0 radical (unpaired) electrons. The molecule has 0 aliphatic carbocycles. The summed E-state index contributed by atoms with van der Waals surface area (Å²) in [7, 11) is 0. The van der Waals surface area contributed by atoms with Gasteiger partial charge in [0, 0.05) is 0 Å². The summed E-state index contributed by atoms with van der Waals surface area (Å²) in [5, 5.41) is 0. The fourth-order valence-corrected chi connectivity index (χ4v) is 2.66. The van der Waals surface area contributed by atoms with Gasteiger partial charge in [0.05, 0.1) is 0 Å². The summed E-state index contributed by atoms with van der Waals surface area (Å²) in [5.41, 5.74) is 2.35. The molecule has 0 aromatic heterocycles. The van der Waals surface area contributed by atoms with Crippen LogP contribution in [0, 0.1) is 9.89 Å². The Balaban J connectivity index is 1.88. The summed E-state index contributed by atoms with van der Waals surface area (Å²) in [5.74, 6) is 3.19. The van der Waals surface area contributed by atoms with E-state index in [9.17, 15) is 0 Å². The Morgan fingerprint density at radius 3 is 2.18 bits per heavy atom. The number of hydrogen-bond acceptors (Lipinski definition) is 0. The van der Waals surface area contributed by atoms with Crippen LogP contribution in [0.1, 0.15) is 11.1 Å². The van der Waals surface area contributed by atoms with Gasteiger partial charge >= 0.3 is 113 Å². The van der Waals surface area contributed by atoms with Crippen molar-refractivity contribution in [3.63, 3.8) is 0 Å². The van der Waals surface area contributed by atoms with Crippen molar-refractivity contribution in [2.24, 2.45) is 0 Å². The van der Waals surface area contributed by atoms with Crippen molar-refractivity contribution >= 4 is 27.0 Å². The molecular weight excluding hydrogens is 320 g/mol. The maximum absolute atomic E-state index is 3.27. The first-order valence-electron chi connectivity index (χ1n) is 5.38. The van der Waals surface area contributed by atoms with Crippen LogP contribution in [0.25, 0.3) is 6.08 Å². The Morgan fingerprint density at radius 2 is 1.47 bits per heavy atom. The second-order valence-corrected chi connectivity index (χ2v) is 5.46. The predicted octanol–water partition coefficient (Wildman–Crippen LogP) is 3.37. The molecule has 0 amide bonds. The summed E-state index contributed by atoms with van der Waals surface area (Å²) in [6.45, 7) is 0. The molecule has 1 heteroatoms. The van der Waals surface area contributed by atoms with E-state index in [0.29, 0.717) is 0 Å². The van der Waals surface area contributed by atoms with Crippen LogP contribution >= 0.6 is 0 Å². The zero-order valence-electron chi connectivity index (χ0n) is 9.34. The van der Waals surface area contributed by atoms with Crippen molar-refractivity contribution in [3.8, 4) is 9.89 Å². The monoisotopic (exact) mass is 334 g/mol. The van der Waals surface area contributed by atoms with E-state index in [0.717, 1.165) is 5.56 Å². The summed E-state index contributed by atoms with van der Waals surface area (Å²) < 4.78 is 5.48. The van der Waals surface area contributed by atoms with Crippen LogP contribution in [0.3, 0.4) is 0 Å². The SMILES string of the molecule is C(#Cc1ccccc1)[Te]/C=C/c1ccccc1. The van der Waals surface area contributed by atoms with Gasteiger partial charge in [0.25, 0.3) is 0 Å². The Bertz CT molecular complexity index is 530. The molecule has 0 heterocycles.